The quantitative estimate of drug-likeness (QED) is 0.491. The zero-order valence-electron chi connectivity index (χ0n) is 4.48. The van der Waals surface area contributed by atoms with Gasteiger partial charge in [-0.25, -0.2) is 0 Å². The molecule has 52 valence electrons. The predicted molar refractivity (Wildman–Crippen MR) is 37.0 cm³/mol. The SMILES string of the molecule is [Cl][Rh+][Cl].[c-]1ccccc1. The Kier molecular flexibility index (Phi) is 8.82. The Balaban J connectivity index is 0.000000187. The monoisotopic (exact) mass is 250 g/mol. The second-order valence-corrected chi connectivity index (χ2v) is 3.61. The van der Waals surface area contributed by atoms with Crippen LogP contribution in [0.15, 0.2) is 30.3 Å². The minimum absolute atomic E-state index is 0.226. The first-order chi connectivity index (χ1) is 4.41. The summed E-state index contributed by atoms with van der Waals surface area (Å²) in [5.41, 5.74) is 0. The van der Waals surface area contributed by atoms with Crippen molar-refractivity contribution in [2.24, 2.45) is 0 Å². The Morgan fingerprint density at radius 3 is 1.56 bits per heavy atom. The Hall–Kier alpha value is 0.423. The second kappa shape index (κ2) is 8.42. The van der Waals surface area contributed by atoms with Crippen molar-refractivity contribution >= 4 is 19.4 Å². The van der Waals surface area contributed by atoms with Crippen LogP contribution in [0.1, 0.15) is 0 Å². The Bertz CT molecular complexity index is 93.9. The summed E-state index contributed by atoms with van der Waals surface area (Å²) in [7, 11) is 9.67. The van der Waals surface area contributed by atoms with Crippen LogP contribution < -0.4 is 0 Å². The smallest absolute Gasteiger partial charge is 0.171 e. The van der Waals surface area contributed by atoms with Crippen molar-refractivity contribution in [2.45, 2.75) is 0 Å². The van der Waals surface area contributed by atoms with E-state index < -0.39 is 0 Å². The molecule has 0 saturated heterocycles. The van der Waals surface area contributed by atoms with Crippen molar-refractivity contribution in [2.75, 3.05) is 0 Å². The average molecular weight is 251 g/mol. The molecule has 0 aliphatic heterocycles. The molecule has 0 aliphatic carbocycles. The van der Waals surface area contributed by atoms with Crippen LogP contribution in [0.2, 0.25) is 0 Å². The van der Waals surface area contributed by atoms with Gasteiger partial charge in [0, 0.05) is 0 Å². The Morgan fingerprint density at radius 1 is 1.00 bits per heavy atom. The van der Waals surface area contributed by atoms with E-state index in [4.69, 9.17) is 19.4 Å². The molecule has 1 rings (SSSR count). The molecule has 0 spiro atoms. The molecular weight excluding hydrogens is 246 g/mol. The van der Waals surface area contributed by atoms with Gasteiger partial charge in [0.2, 0.25) is 0 Å². The number of hydrogen-bond acceptors (Lipinski definition) is 0. The summed E-state index contributed by atoms with van der Waals surface area (Å²) in [5.74, 6) is 0. The van der Waals surface area contributed by atoms with Crippen molar-refractivity contribution < 1.29 is 15.1 Å². The van der Waals surface area contributed by atoms with E-state index in [1.807, 2.05) is 30.3 Å². The first-order valence-electron chi connectivity index (χ1n) is 2.16. The third-order valence-electron chi connectivity index (χ3n) is 0.607. The molecule has 0 unspecified atom stereocenters. The summed E-state index contributed by atoms with van der Waals surface area (Å²) in [6, 6.07) is 12.5. The molecule has 0 atom stereocenters. The largest absolute Gasteiger partial charge is 0.184 e. The predicted octanol–water partition coefficient (Wildman–Crippen LogP) is 2.86. The van der Waals surface area contributed by atoms with Gasteiger partial charge in [-0.1, -0.05) is 0 Å². The summed E-state index contributed by atoms with van der Waals surface area (Å²) in [5, 5.41) is 0. The number of hydrogen-bond donors (Lipinski definition) is 0. The molecule has 0 amide bonds. The fourth-order valence-electron chi connectivity index (χ4n) is 0.342. The van der Waals surface area contributed by atoms with E-state index in [0.29, 0.717) is 0 Å². The molecule has 9 heavy (non-hydrogen) atoms. The zero-order valence-corrected chi connectivity index (χ0v) is 7.63. The van der Waals surface area contributed by atoms with Crippen LogP contribution in [-0.2, 0) is 15.1 Å². The van der Waals surface area contributed by atoms with E-state index in [1.54, 1.807) is 0 Å². The maximum atomic E-state index is 4.83. The Morgan fingerprint density at radius 2 is 1.44 bits per heavy atom. The third-order valence-corrected chi connectivity index (χ3v) is 0.607. The van der Waals surface area contributed by atoms with Gasteiger partial charge in [-0.15, -0.1) is 0 Å². The van der Waals surface area contributed by atoms with Crippen LogP contribution in [0.5, 0.6) is 0 Å². The second-order valence-electron chi connectivity index (χ2n) is 1.12. The van der Waals surface area contributed by atoms with Gasteiger partial charge in [-0.3, -0.25) is 0 Å². The maximum Gasteiger partial charge on any atom is -0.171 e. The van der Waals surface area contributed by atoms with Gasteiger partial charge < -0.3 is 0 Å². The van der Waals surface area contributed by atoms with Crippen molar-refractivity contribution in [1.29, 1.82) is 0 Å². The van der Waals surface area contributed by atoms with Gasteiger partial charge in [0.05, 0.1) is 0 Å². The fraction of sp³-hybridized carbons (Fsp3) is 0. The number of halogens is 2. The van der Waals surface area contributed by atoms with E-state index in [1.165, 1.54) is 0 Å². The molecule has 0 aromatic heterocycles. The van der Waals surface area contributed by atoms with Gasteiger partial charge >= 0.3 is 34.5 Å². The van der Waals surface area contributed by atoms with Crippen LogP contribution in [0.4, 0.5) is 0 Å². The van der Waals surface area contributed by atoms with Gasteiger partial charge in [-0.2, -0.15) is 36.4 Å². The topological polar surface area (TPSA) is 0 Å². The standard InChI is InChI=1S/C6H5.2ClH.Rh/c1-2-4-6-5-3-1;;;/h1-5H;2*1H;/q-1;;;+3/p-2. The van der Waals surface area contributed by atoms with Crippen molar-refractivity contribution in [3.63, 3.8) is 0 Å². The minimum atomic E-state index is -0.226. The van der Waals surface area contributed by atoms with Gasteiger partial charge in [0.25, 0.3) is 0 Å². The van der Waals surface area contributed by atoms with Crippen LogP contribution >= 0.6 is 19.4 Å². The summed E-state index contributed by atoms with van der Waals surface area (Å²) in [6.07, 6.45) is 0. The van der Waals surface area contributed by atoms with Gasteiger partial charge in [0.1, 0.15) is 0 Å². The summed E-state index contributed by atoms with van der Waals surface area (Å²) in [6.45, 7) is 0. The van der Waals surface area contributed by atoms with Crippen LogP contribution in [-0.4, -0.2) is 0 Å². The van der Waals surface area contributed by atoms with E-state index in [0.717, 1.165) is 0 Å². The van der Waals surface area contributed by atoms with Crippen LogP contribution in [0, 0.1) is 6.07 Å². The van der Waals surface area contributed by atoms with E-state index in [2.05, 4.69) is 6.07 Å². The van der Waals surface area contributed by atoms with Crippen LogP contribution in [0.3, 0.4) is 0 Å². The summed E-state index contributed by atoms with van der Waals surface area (Å²) >= 11 is -0.226. The number of benzene rings is 1. The Labute approximate surface area is 70.9 Å². The molecule has 1 aromatic carbocycles. The molecule has 0 bridgehead atoms. The molecule has 0 fully saturated rings. The third kappa shape index (κ3) is 8.42. The summed E-state index contributed by atoms with van der Waals surface area (Å²) in [4.78, 5) is 0. The molecule has 0 heterocycles. The molecule has 0 saturated carbocycles. The van der Waals surface area contributed by atoms with E-state index in [-0.39, 0.29) is 15.1 Å². The zero-order chi connectivity index (χ0) is 6.95. The van der Waals surface area contributed by atoms with E-state index in [9.17, 15) is 0 Å². The van der Waals surface area contributed by atoms with Gasteiger partial charge in [-0.05, 0) is 0 Å². The molecule has 1 aromatic rings. The maximum absolute atomic E-state index is 4.83. The van der Waals surface area contributed by atoms with E-state index >= 15 is 0 Å². The van der Waals surface area contributed by atoms with Crippen molar-refractivity contribution in [1.82, 2.24) is 0 Å². The normalized spacial score (nSPS) is 7.78. The number of rotatable bonds is 0. The first kappa shape index (κ1) is 9.42. The molecule has 0 N–H and O–H groups in total. The van der Waals surface area contributed by atoms with Crippen LogP contribution in [0.25, 0.3) is 0 Å². The fourth-order valence-corrected chi connectivity index (χ4v) is 0.342. The molecule has 3 heteroatoms. The molecular formula is C6H5Cl2Rh. The van der Waals surface area contributed by atoms with Crippen molar-refractivity contribution in [3.8, 4) is 0 Å². The summed E-state index contributed by atoms with van der Waals surface area (Å²) < 4.78 is 0. The molecule has 0 nitrogen and oxygen atoms in total. The van der Waals surface area contributed by atoms with Gasteiger partial charge in [0.15, 0.2) is 0 Å². The minimum Gasteiger partial charge on any atom is -0.184 e. The first-order valence-corrected chi connectivity index (χ1v) is 6.38. The average Bonchev–Trinajstić information content (AvgIpc) is 1.93. The van der Waals surface area contributed by atoms with Crippen molar-refractivity contribution in [3.05, 3.63) is 36.4 Å². The molecule has 0 aliphatic rings. The molecule has 0 radical (unpaired) electrons.